The van der Waals surface area contributed by atoms with Crippen LogP contribution in [-0.2, 0) is 11.3 Å². The van der Waals surface area contributed by atoms with Crippen molar-refractivity contribution in [2.24, 2.45) is 0 Å². The van der Waals surface area contributed by atoms with E-state index in [2.05, 4.69) is 20.6 Å². The Bertz CT molecular complexity index is 411. The second-order valence-corrected chi connectivity index (χ2v) is 4.10. The summed E-state index contributed by atoms with van der Waals surface area (Å²) in [4.78, 5) is 8.20. The third-order valence-electron chi connectivity index (χ3n) is 2.23. The van der Waals surface area contributed by atoms with Gasteiger partial charge >= 0.3 is 6.18 Å². The molecule has 5 nitrogen and oxygen atoms in total. The summed E-state index contributed by atoms with van der Waals surface area (Å²) in [5.41, 5.74) is 0. The molecule has 1 unspecified atom stereocenters. The minimum absolute atomic E-state index is 0.192. The fourth-order valence-corrected chi connectivity index (χ4v) is 1.54. The third kappa shape index (κ3) is 5.73. The number of aromatic nitrogens is 2. The smallest absolute Gasteiger partial charge is 0.377 e. The fourth-order valence-electron chi connectivity index (χ4n) is 1.54. The van der Waals surface area contributed by atoms with Crippen LogP contribution in [0.5, 0.6) is 0 Å². The molecule has 0 saturated heterocycles. The highest BCUT2D eigenvalue weighted by atomic mass is 19.4. The van der Waals surface area contributed by atoms with E-state index in [0.29, 0.717) is 17.5 Å². The Kier molecular flexibility index (Phi) is 5.34. The van der Waals surface area contributed by atoms with Crippen LogP contribution in [0.4, 0.5) is 24.8 Å². The zero-order valence-corrected chi connectivity index (χ0v) is 11.0. The predicted octanol–water partition coefficient (Wildman–Crippen LogP) is 2.42. The summed E-state index contributed by atoms with van der Waals surface area (Å²) in [6, 6.07) is 0.779. The number of hydrogen-bond donors (Lipinski definition) is 2. The fraction of sp³-hybridized carbons (Fsp3) is 0.636. The number of anilines is 2. The largest absolute Gasteiger partial charge is 0.391 e. The lowest BCUT2D eigenvalue weighted by molar-refractivity contribution is -0.136. The van der Waals surface area contributed by atoms with Crippen molar-refractivity contribution < 1.29 is 17.9 Å². The third-order valence-corrected chi connectivity index (χ3v) is 2.23. The summed E-state index contributed by atoms with van der Waals surface area (Å²) < 4.78 is 41.7. The van der Waals surface area contributed by atoms with Gasteiger partial charge in [0.25, 0.3) is 0 Å². The molecule has 0 aliphatic heterocycles. The van der Waals surface area contributed by atoms with Crippen LogP contribution in [0, 0.1) is 0 Å². The summed E-state index contributed by atoms with van der Waals surface area (Å²) in [6.07, 6.45) is -5.13. The van der Waals surface area contributed by atoms with Crippen molar-refractivity contribution in [3.8, 4) is 0 Å². The van der Waals surface area contributed by atoms with Crippen molar-refractivity contribution >= 4 is 11.6 Å². The van der Waals surface area contributed by atoms with E-state index in [0.717, 1.165) is 0 Å². The molecule has 0 radical (unpaired) electrons. The standard InChI is InChI=1S/C11H17F3N4O/c1-7(5-11(12,13)14)16-9-4-8(15-2)17-10(18-9)6-19-3/h4,7H,5-6H2,1-3H3,(H2,15,16,17,18). The molecule has 0 aromatic carbocycles. The number of rotatable bonds is 6. The number of hydrogen-bond acceptors (Lipinski definition) is 5. The van der Waals surface area contributed by atoms with Gasteiger partial charge < -0.3 is 15.4 Å². The van der Waals surface area contributed by atoms with Gasteiger partial charge in [0.05, 0.1) is 6.42 Å². The molecular weight excluding hydrogens is 261 g/mol. The van der Waals surface area contributed by atoms with Crippen LogP contribution < -0.4 is 10.6 Å². The van der Waals surface area contributed by atoms with Crippen LogP contribution in [0.15, 0.2) is 6.07 Å². The molecule has 19 heavy (non-hydrogen) atoms. The Labute approximate surface area is 109 Å². The van der Waals surface area contributed by atoms with Crippen LogP contribution in [0.3, 0.4) is 0 Å². The first kappa shape index (κ1) is 15.5. The first-order valence-corrected chi connectivity index (χ1v) is 5.72. The number of halogens is 3. The molecule has 1 rings (SSSR count). The highest BCUT2D eigenvalue weighted by Crippen LogP contribution is 2.23. The molecule has 108 valence electrons. The predicted molar refractivity (Wildman–Crippen MR) is 66.0 cm³/mol. The minimum Gasteiger partial charge on any atom is -0.377 e. The second kappa shape index (κ2) is 6.55. The molecule has 8 heteroatoms. The highest BCUT2D eigenvalue weighted by Gasteiger charge is 2.30. The van der Waals surface area contributed by atoms with Crippen molar-refractivity contribution in [1.29, 1.82) is 0 Å². The Hall–Kier alpha value is -1.57. The zero-order valence-electron chi connectivity index (χ0n) is 11.0. The van der Waals surface area contributed by atoms with Gasteiger partial charge in [0, 0.05) is 26.3 Å². The molecule has 0 amide bonds. The number of methoxy groups -OCH3 is 1. The van der Waals surface area contributed by atoms with Crippen LogP contribution in [0.2, 0.25) is 0 Å². The molecule has 1 heterocycles. The van der Waals surface area contributed by atoms with E-state index < -0.39 is 18.6 Å². The van der Waals surface area contributed by atoms with Crippen LogP contribution >= 0.6 is 0 Å². The number of ether oxygens (including phenoxy) is 1. The van der Waals surface area contributed by atoms with Gasteiger partial charge in [-0.3, -0.25) is 0 Å². The average molecular weight is 278 g/mol. The van der Waals surface area contributed by atoms with Gasteiger partial charge in [0.1, 0.15) is 18.2 Å². The maximum absolute atomic E-state index is 12.2. The van der Waals surface area contributed by atoms with Crippen molar-refractivity contribution in [3.05, 3.63) is 11.9 Å². The molecule has 0 fully saturated rings. The molecule has 1 atom stereocenters. The van der Waals surface area contributed by atoms with Crippen LogP contribution in [-0.4, -0.2) is 36.3 Å². The lowest BCUT2D eigenvalue weighted by Gasteiger charge is -2.17. The summed E-state index contributed by atoms with van der Waals surface area (Å²) in [7, 11) is 3.16. The lowest BCUT2D eigenvalue weighted by atomic mass is 10.2. The van der Waals surface area contributed by atoms with Gasteiger partial charge in [-0.25, -0.2) is 9.97 Å². The van der Waals surface area contributed by atoms with Gasteiger partial charge in [-0.1, -0.05) is 0 Å². The van der Waals surface area contributed by atoms with E-state index in [4.69, 9.17) is 4.74 Å². The molecule has 0 bridgehead atoms. The van der Waals surface area contributed by atoms with E-state index in [-0.39, 0.29) is 6.61 Å². The lowest BCUT2D eigenvalue weighted by Crippen LogP contribution is -2.24. The van der Waals surface area contributed by atoms with E-state index >= 15 is 0 Å². The first-order valence-electron chi connectivity index (χ1n) is 5.72. The Balaban J connectivity index is 2.79. The van der Waals surface area contributed by atoms with Gasteiger partial charge in [-0.05, 0) is 6.92 Å². The van der Waals surface area contributed by atoms with E-state index in [1.807, 2.05) is 0 Å². The summed E-state index contributed by atoms with van der Waals surface area (Å²) in [5.74, 6) is 1.25. The maximum Gasteiger partial charge on any atom is 0.391 e. The molecule has 0 aliphatic rings. The van der Waals surface area contributed by atoms with Crippen molar-refractivity contribution in [1.82, 2.24) is 9.97 Å². The van der Waals surface area contributed by atoms with Crippen molar-refractivity contribution in [2.75, 3.05) is 24.8 Å². The summed E-state index contributed by atoms with van der Waals surface area (Å²) >= 11 is 0. The summed E-state index contributed by atoms with van der Waals surface area (Å²) in [6.45, 7) is 1.64. The quantitative estimate of drug-likeness (QED) is 0.837. The Morgan fingerprint density at radius 1 is 1.32 bits per heavy atom. The molecule has 2 N–H and O–H groups in total. The number of nitrogens with one attached hydrogen (secondary N) is 2. The zero-order chi connectivity index (χ0) is 14.5. The van der Waals surface area contributed by atoms with Crippen LogP contribution in [0.25, 0.3) is 0 Å². The van der Waals surface area contributed by atoms with Crippen molar-refractivity contribution in [3.63, 3.8) is 0 Å². The summed E-state index contributed by atoms with van der Waals surface area (Å²) in [5, 5.41) is 5.52. The molecule has 0 saturated carbocycles. The van der Waals surface area contributed by atoms with Crippen LogP contribution in [0.1, 0.15) is 19.2 Å². The van der Waals surface area contributed by atoms with E-state index in [1.54, 1.807) is 13.1 Å². The molecule has 0 aliphatic carbocycles. The van der Waals surface area contributed by atoms with Gasteiger partial charge in [0.2, 0.25) is 0 Å². The Morgan fingerprint density at radius 3 is 2.47 bits per heavy atom. The normalized spacial score (nSPS) is 13.2. The molecule has 1 aromatic rings. The van der Waals surface area contributed by atoms with Gasteiger partial charge in [-0.2, -0.15) is 13.2 Å². The van der Waals surface area contributed by atoms with E-state index in [1.165, 1.54) is 14.0 Å². The highest BCUT2D eigenvalue weighted by molar-refractivity contribution is 5.47. The topological polar surface area (TPSA) is 59.1 Å². The molecule has 1 aromatic heterocycles. The monoisotopic (exact) mass is 278 g/mol. The van der Waals surface area contributed by atoms with Gasteiger partial charge in [0.15, 0.2) is 5.82 Å². The molecule has 0 spiro atoms. The number of alkyl halides is 3. The number of nitrogens with zero attached hydrogens (tertiary/aromatic N) is 2. The van der Waals surface area contributed by atoms with Gasteiger partial charge in [-0.15, -0.1) is 0 Å². The minimum atomic E-state index is -4.21. The Morgan fingerprint density at radius 2 is 1.95 bits per heavy atom. The maximum atomic E-state index is 12.2. The first-order chi connectivity index (χ1) is 8.84. The SMILES string of the molecule is CNc1cc(NC(C)CC(F)(F)F)nc(COC)n1. The second-order valence-electron chi connectivity index (χ2n) is 4.10. The van der Waals surface area contributed by atoms with E-state index in [9.17, 15) is 13.2 Å². The average Bonchev–Trinajstić information content (AvgIpc) is 2.26. The molecular formula is C11H17F3N4O. The van der Waals surface area contributed by atoms with Crippen molar-refractivity contribution in [2.45, 2.75) is 32.2 Å².